The quantitative estimate of drug-likeness (QED) is 0.879. The fourth-order valence-corrected chi connectivity index (χ4v) is 1.90. The van der Waals surface area contributed by atoms with Crippen molar-refractivity contribution < 1.29 is 14.4 Å². The molecule has 1 aromatic carbocycles. The Hall–Kier alpha value is -1.56. The Morgan fingerprint density at radius 1 is 1.38 bits per heavy atom. The molecule has 0 radical (unpaired) electrons. The maximum Gasteiger partial charge on any atom is 0.304 e. The number of hydrogen-bond acceptors (Lipinski definition) is 4. The molecule has 1 N–H and O–H groups in total. The summed E-state index contributed by atoms with van der Waals surface area (Å²) >= 11 is 5.84. The number of carbonyl (C=O) groups is 1. The van der Waals surface area contributed by atoms with E-state index in [1.54, 1.807) is 12.1 Å². The van der Waals surface area contributed by atoms with Gasteiger partial charge >= 0.3 is 5.97 Å². The van der Waals surface area contributed by atoms with E-state index < -0.39 is 5.97 Å². The van der Waals surface area contributed by atoms with E-state index in [-0.39, 0.29) is 18.8 Å². The van der Waals surface area contributed by atoms with Crippen molar-refractivity contribution in [1.82, 2.24) is 10.1 Å². The average Bonchev–Trinajstić information content (AvgIpc) is 2.85. The molecular weight excluding hydrogens is 315 g/mol. The summed E-state index contributed by atoms with van der Waals surface area (Å²) < 4.78 is 5.25. The second-order valence-electron chi connectivity index (χ2n) is 4.57. The molecule has 0 aliphatic heterocycles. The first-order chi connectivity index (χ1) is 9.54. The highest BCUT2D eigenvalue weighted by Gasteiger charge is 2.10. The normalized spacial score (nSPS) is 10.4. The largest absolute Gasteiger partial charge is 0.481 e. The summed E-state index contributed by atoms with van der Waals surface area (Å²) in [6, 6.07) is 9.19. The molecule has 2 rings (SSSR count). The van der Waals surface area contributed by atoms with Crippen molar-refractivity contribution in [3.8, 4) is 11.3 Å². The second kappa shape index (κ2) is 8.02. The first-order valence-corrected chi connectivity index (χ1v) is 6.54. The van der Waals surface area contributed by atoms with E-state index in [0.29, 0.717) is 23.9 Å². The predicted molar refractivity (Wildman–Crippen MR) is 82.8 cm³/mol. The standard InChI is InChI=1S/C14H15ClN2O3.ClH/c1-17(7-6-14(18)19)9-12-8-13(16-20-12)10-2-4-11(15)5-3-10;/h2-5,8H,6-7,9H2,1H3,(H,18,19);1H. The van der Waals surface area contributed by atoms with Crippen molar-refractivity contribution in [2.75, 3.05) is 13.6 Å². The molecule has 1 heterocycles. The van der Waals surface area contributed by atoms with Crippen LogP contribution in [0, 0.1) is 0 Å². The van der Waals surface area contributed by atoms with Crippen LogP contribution in [0.2, 0.25) is 5.02 Å². The summed E-state index contributed by atoms with van der Waals surface area (Å²) in [5.74, 6) is -0.112. The number of carboxylic acids is 1. The van der Waals surface area contributed by atoms with Gasteiger partial charge in [0.2, 0.25) is 0 Å². The molecular formula is C14H16Cl2N2O3. The summed E-state index contributed by atoms with van der Waals surface area (Å²) in [5, 5.41) is 13.3. The summed E-state index contributed by atoms with van der Waals surface area (Å²) in [6.07, 6.45) is 0.106. The van der Waals surface area contributed by atoms with Crippen molar-refractivity contribution in [2.24, 2.45) is 0 Å². The molecule has 5 nitrogen and oxygen atoms in total. The summed E-state index contributed by atoms with van der Waals surface area (Å²) in [5.41, 5.74) is 1.67. The lowest BCUT2D eigenvalue weighted by molar-refractivity contribution is -0.137. The lowest BCUT2D eigenvalue weighted by Gasteiger charge is -2.12. The number of carboxylic acid groups (broad SMARTS) is 1. The van der Waals surface area contributed by atoms with Gasteiger partial charge in [-0.1, -0.05) is 28.9 Å². The monoisotopic (exact) mass is 330 g/mol. The van der Waals surface area contributed by atoms with Crippen molar-refractivity contribution in [3.63, 3.8) is 0 Å². The van der Waals surface area contributed by atoms with E-state index in [9.17, 15) is 4.79 Å². The van der Waals surface area contributed by atoms with Gasteiger partial charge in [0, 0.05) is 23.2 Å². The van der Waals surface area contributed by atoms with E-state index in [1.807, 2.05) is 30.1 Å². The van der Waals surface area contributed by atoms with Crippen LogP contribution in [-0.2, 0) is 11.3 Å². The van der Waals surface area contributed by atoms with Gasteiger partial charge in [0.1, 0.15) is 5.69 Å². The number of rotatable bonds is 6. The maximum atomic E-state index is 10.5. The number of halogens is 2. The van der Waals surface area contributed by atoms with E-state index in [0.717, 1.165) is 11.3 Å². The molecule has 2 aromatic rings. The molecule has 21 heavy (non-hydrogen) atoms. The molecule has 114 valence electrons. The Morgan fingerprint density at radius 3 is 2.67 bits per heavy atom. The molecule has 1 aromatic heterocycles. The van der Waals surface area contributed by atoms with Gasteiger partial charge in [-0.3, -0.25) is 9.69 Å². The van der Waals surface area contributed by atoms with Crippen LogP contribution in [0.5, 0.6) is 0 Å². The molecule has 0 aliphatic rings. The third-order valence-electron chi connectivity index (χ3n) is 2.83. The van der Waals surface area contributed by atoms with Crippen LogP contribution in [0.15, 0.2) is 34.9 Å². The Morgan fingerprint density at radius 2 is 2.05 bits per heavy atom. The van der Waals surface area contributed by atoms with Gasteiger partial charge in [-0.15, -0.1) is 12.4 Å². The third kappa shape index (κ3) is 5.38. The lowest BCUT2D eigenvalue weighted by atomic mass is 10.1. The Balaban J connectivity index is 0.00000220. The predicted octanol–water partition coefficient (Wildman–Crippen LogP) is 3.32. The van der Waals surface area contributed by atoms with Gasteiger partial charge in [-0.05, 0) is 19.2 Å². The van der Waals surface area contributed by atoms with Crippen LogP contribution in [0.3, 0.4) is 0 Å². The highest BCUT2D eigenvalue weighted by Crippen LogP contribution is 2.21. The maximum absolute atomic E-state index is 10.5. The molecule has 0 unspecified atom stereocenters. The first-order valence-electron chi connectivity index (χ1n) is 6.16. The molecule has 0 atom stereocenters. The minimum Gasteiger partial charge on any atom is -0.481 e. The van der Waals surface area contributed by atoms with E-state index in [2.05, 4.69) is 5.16 Å². The lowest BCUT2D eigenvalue weighted by Crippen LogP contribution is -2.20. The van der Waals surface area contributed by atoms with Crippen LogP contribution in [0.1, 0.15) is 12.2 Å². The molecule has 0 fully saturated rings. The molecule has 0 spiro atoms. The molecule has 0 bridgehead atoms. The molecule has 0 saturated carbocycles. The number of nitrogens with zero attached hydrogens (tertiary/aromatic N) is 2. The molecule has 0 aliphatic carbocycles. The summed E-state index contributed by atoms with van der Waals surface area (Å²) in [6.45, 7) is 0.986. The fraction of sp³-hybridized carbons (Fsp3) is 0.286. The van der Waals surface area contributed by atoms with Crippen LogP contribution >= 0.6 is 24.0 Å². The zero-order chi connectivity index (χ0) is 14.5. The third-order valence-corrected chi connectivity index (χ3v) is 3.08. The van der Waals surface area contributed by atoms with Crippen molar-refractivity contribution in [2.45, 2.75) is 13.0 Å². The minimum absolute atomic E-state index is 0. The van der Waals surface area contributed by atoms with Crippen LogP contribution < -0.4 is 0 Å². The van der Waals surface area contributed by atoms with E-state index >= 15 is 0 Å². The Kier molecular flexibility index (Phi) is 6.68. The number of aliphatic carboxylic acids is 1. The molecule has 0 saturated heterocycles. The van der Waals surface area contributed by atoms with Crippen LogP contribution in [-0.4, -0.2) is 34.7 Å². The van der Waals surface area contributed by atoms with Gasteiger partial charge in [0.05, 0.1) is 13.0 Å². The Bertz CT molecular complexity index is 584. The molecule has 0 amide bonds. The van der Waals surface area contributed by atoms with Crippen LogP contribution in [0.25, 0.3) is 11.3 Å². The van der Waals surface area contributed by atoms with Gasteiger partial charge in [0.15, 0.2) is 5.76 Å². The van der Waals surface area contributed by atoms with E-state index in [1.165, 1.54) is 0 Å². The average molecular weight is 331 g/mol. The summed E-state index contributed by atoms with van der Waals surface area (Å²) in [7, 11) is 1.84. The fourth-order valence-electron chi connectivity index (χ4n) is 1.78. The van der Waals surface area contributed by atoms with Gasteiger partial charge in [-0.25, -0.2) is 0 Å². The van der Waals surface area contributed by atoms with Crippen LogP contribution in [0.4, 0.5) is 0 Å². The topological polar surface area (TPSA) is 66.6 Å². The number of hydrogen-bond donors (Lipinski definition) is 1. The smallest absolute Gasteiger partial charge is 0.304 e. The number of aromatic nitrogens is 1. The van der Waals surface area contributed by atoms with Crippen molar-refractivity contribution in [3.05, 3.63) is 41.1 Å². The highest BCUT2D eigenvalue weighted by atomic mass is 35.5. The zero-order valence-corrected chi connectivity index (χ0v) is 13.0. The van der Waals surface area contributed by atoms with Crippen molar-refractivity contribution in [1.29, 1.82) is 0 Å². The zero-order valence-electron chi connectivity index (χ0n) is 11.5. The summed E-state index contributed by atoms with van der Waals surface area (Å²) in [4.78, 5) is 12.4. The van der Waals surface area contributed by atoms with Gasteiger partial charge in [-0.2, -0.15) is 0 Å². The number of benzene rings is 1. The highest BCUT2D eigenvalue weighted by molar-refractivity contribution is 6.30. The van der Waals surface area contributed by atoms with E-state index in [4.69, 9.17) is 21.2 Å². The second-order valence-corrected chi connectivity index (χ2v) is 5.00. The van der Waals surface area contributed by atoms with Crippen molar-refractivity contribution >= 4 is 30.0 Å². The first kappa shape index (κ1) is 17.5. The molecule has 7 heteroatoms. The SMILES string of the molecule is CN(CCC(=O)O)Cc1cc(-c2ccc(Cl)cc2)no1.Cl. The van der Waals surface area contributed by atoms with Gasteiger partial charge < -0.3 is 9.63 Å². The Labute approximate surface area is 133 Å². The van der Waals surface area contributed by atoms with Gasteiger partial charge in [0.25, 0.3) is 0 Å². The minimum atomic E-state index is -0.809.